The number of hydrogen-bond donors (Lipinski definition) is 3. The van der Waals surface area contributed by atoms with E-state index in [1.165, 1.54) is 0 Å². The van der Waals surface area contributed by atoms with Crippen molar-refractivity contribution in [2.45, 2.75) is 31.7 Å². The monoisotopic (exact) mass is 162 g/mol. The zero-order valence-electron chi connectivity index (χ0n) is 6.88. The Hall–Kier alpha value is -0.610. The molecule has 7 N–H and O–H groups in total. The number of carbonyl (C=O) groups is 1. The van der Waals surface area contributed by atoms with Gasteiger partial charge >= 0.3 is 5.97 Å². The third-order valence-electron chi connectivity index (χ3n) is 1.65. The Morgan fingerprint density at radius 1 is 1.36 bits per heavy atom. The Morgan fingerprint density at radius 3 is 2.45 bits per heavy atom. The second kappa shape index (κ2) is 6.12. The first-order valence-electron chi connectivity index (χ1n) is 4.03. The first-order chi connectivity index (χ1) is 5.18. The molecule has 0 aromatic heterocycles. The molecule has 0 saturated heterocycles. The van der Waals surface area contributed by atoms with E-state index in [9.17, 15) is 4.79 Å². The molecule has 0 aromatic carbocycles. The third-order valence-corrected chi connectivity index (χ3v) is 1.65. The molecule has 66 valence electrons. The number of carboxylic acids is 1. The van der Waals surface area contributed by atoms with Crippen LogP contribution in [0.3, 0.4) is 0 Å². The lowest BCUT2D eigenvalue weighted by Gasteiger charge is -2.00. The topological polar surface area (TPSA) is 92.6 Å². The van der Waals surface area contributed by atoms with Crippen molar-refractivity contribution in [1.82, 2.24) is 0 Å². The highest BCUT2D eigenvalue weighted by Gasteiger charge is 2.13. The molecular formula is C7H18N2O2+2. The molecule has 0 radical (unpaired) electrons. The Kier molecular flexibility index (Phi) is 5.78. The summed E-state index contributed by atoms with van der Waals surface area (Å²) < 4.78 is 0. The van der Waals surface area contributed by atoms with E-state index in [2.05, 4.69) is 11.5 Å². The quantitative estimate of drug-likeness (QED) is 0.414. The van der Waals surface area contributed by atoms with Gasteiger partial charge in [-0.15, -0.1) is 0 Å². The normalized spacial score (nSPS) is 12.9. The van der Waals surface area contributed by atoms with E-state index in [1.807, 2.05) is 0 Å². The van der Waals surface area contributed by atoms with Crippen LogP contribution < -0.4 is 11.5 Å². The molecule has 0 heterocycles. The van der Waals surface area contributed by atoms with Crippen LogP contribution in [0.1, 0.15) is 25.7 Å². The molecule has 4 nitrogen and oxygen atoms in total. The first-order valence-corrected chi connectivity index (χ1v) is 4.03. The summed E-state index contributed by atoms with van der Waals surface area (Å²) in [6.07, 6.45) is 3.81. The van der Waals surface area contributed by atoms with E-state index in [1.54, 1.807) is 0 Å². The van der Waals surface area contributed by atoms with Crippen LogP contribution in [0.4, 0.5) is 0 Å². The molecule has 0 spiro atoms. The Morgan fingerprint density at radius 2 is 2.00 bits per heavy atom. The van der Waals surface area contributed by atoms with Gasteiger partial charge in [-0.2, -0.15) is 0 Å². The van der Waals surface area contributed by atoms with Crippen molar-refractivity contribution < 1.29 is 21.4 Å². The van der Waals surface area contributed by atoms with Crippen LogP contribution in [0, 0.1) is 0 Å². The second-order valence-electron chi connectivity index (χ2n) is 2.74. The van der Waals surface area contributed by atoms with E-state index in [0.29, 0.717) is 6.42 Å². The SMILES string of the molecule is [NH3+]CCCCC[C@H]([NH3+])C(=O)O. The van der Waals surface area contributed by atoms with Gasteiger partial charge in [0.1, 0.15) is 0 Å². The van der Waals surface area contributed by atoms with Crippen molar-refractivity contribution in [2.75, 3.05) is 6.54 Å². The summed E-state index contributed by atoms with van der Waals surface area (Å²) in [4.78, 5) is 10.3. The molecule has 0 rings (SSSR count). The highest BCUT2D eigenvalue weighted by molar-refractivity contribution is 5.71. The summed E-state index contributed by atoms with van der Waals surface area (Å²) in [7, 11) is 0. The number of carboxylic acid groups (broad SMARTS) is 1. The Bertz CT molecular complexity index is 117. The van der Waals surface area contributed by atoms with Crippen molar-refractivity contribution in [3.8, 4) is 0 Å². The van der Waals surface area contributed by atoms with Crippen LogP contribution in [0.5, 0.6) is 0 Å². The minimum absolute atomic E-state index is 0.431. The molecule has 0 unspecified atom stereocenters. The van der Waals surface area contributed by atoms with Crippen molar-refractivity contribution in [1.29, 1.82) is 0 Å². The molecule has 4 heteroatoms. The zero-order chi connectivity index (χ0) is 8.69. The van der Waals surface area contributed by atoms with Gasteiger partial charge in [-0.1, -0.05) is 0 Å². The van der Waals surface area contributed by atoms with Crippen LogP contribution in [0.2, 0.25) is 0 Å². The van der Waals surface area contributed by atoms with Crippen LogP contribution in [-0.4, -0.2) is 23.7 Å². The highest BCUT2D eigenvalue weighted by Crippen LogP contribution is 1.99. The number of aliphatic carboxylic acids is 1. The van der Waals surface area contributed by atoms with Crippen molar-refractivity contribution in [3.05, 3.63) is 0 Å². The minimum atomic E-state index is -0.792. The lowest BCUT2D eigenvalue weighted by molar-refractivity contribution is -0.409. The highest BCUT2D eigenvalue weighted by atomic mass is 16.4. The van der Waals surface area contributed by atoms with Crippen LogP contribution in [0.25, 0.3) is 0 Å². The van der Waals surface area contributed by atoms with E-state index in [0.717, 1.165) is 25.8 Å². The number of unbranched alkanes of at least 4 members (excludes halogenated alkanes) is 2. The number of hydrogen-bond acceptors (Lipinski definition) is 1. The van der Waals surface area contributed by atoms with Crippen LogP contribution in [0.15, 0.2) is 0 Å². The van der Waals surface area contributed by atoms with Crippen molar-refractivity contribution in [2.24, 2.45) is 0 Å². The van der Waals surface area contributed by atoms with E-state index in [-0.39, 0.29) is 0 Å². The molecular weight excluding hydrogens is 144 g/mol. The van der Waals surface area contributed by atoms with Crippen molar-refractivity contribution in [3.63, 3.8) is 0 Å². The maximum atomic E-state index is 10.3. The maximum absolute atomic E-state index is 10.3. The van der Waals surface area contributed by atoms with Gasteiger partial charge in [-0.05, 0) is 19.3 Å². The van der Waals surface area contributed by atoms with Gasteiger partial charge in [0.15, 0.2) is 6.04 Å². The van der Waals surface area contributed by atoms with Crippen molar-refractivity contribution >= 4 is 5.97 Å². The Labute approximate surface area is 66.6 Å². The molecule has 1 atom stereocenters. The number of quaternary nitrogens is 2. The van der Waals surface area contributed by atoms with Gasteiger partial charge in [0.25, 0.3) is 0 Å². The Balaban J connectivity index is 3.17. The molecule has 0 fully saturated rings. The largest absolute Gasteiger partial charge is 0.477 e. The lowest BCUT2D eigenvalue weighted by Crippen LogP contribution is -2.64. The summed E-state index contributed by atoms with van der Waals surface area (Å²) in [6.45, 7) is 0.939. The zero-order valence-corrected chi connectivity index (χ0v) is 6.88. The summed E-state index contributed by atoms with van der Waals surface area (Å²) in [5, 5.41) is 8.46. The first kappa shape index (κ1) is 10.4. The molecule has 0 saturated carbocycles. The maximum Gasteiger partial charge on any atom is 0.362 e. The van der Waals surface area contributed by atoms with Gasteiger partial charge in [0, 0.05) is 6.42 Å². The van der Waals surface area contributed by atoms with Gasteiger partial charge < -0.3 is 16.6 Å². The number of rotatable bonds is 6. The summed E-state index contributed by atoms with van der Waals surface area (Å²) in [6, 6.07) is -0.431. The molecule has 0 aliphatic heterocycles. The van der Waals surface area contributed by atoms with Gasteiger partial charge in [0.2, 0.25) is 0 Å². The summed E-state index contributed by atoms with van der Waals surface area (Å²) in [5.41, 5.74) is 7.23. The van der Waals surface area contributed by atoms with Crippen LogP contribution in [-0.2, 0) is 4.79 Å². The molecule has 0 bridgehead atoms. The molecule has 11 heavy (non-hydrogen) atoms. The molecule has 0 amide bonds. The average Bonchev–Trinajstić information content (AvgIpc) is 1.97. The average molecular weight is 162 g/mol. The van der Waals surface area contributed by atoms with Gasteiger partial charge in [-0.3, -0.25) is 0 Å². The van der Waals surface area contributed by atoms with Gasteiger partial charge in [0.05, 0.1) is 6.54 Å². The smallest absolute Gasteiger partial charge is 0.362 e. The van der Waals surface area contributed by atoms with E-state index >= 15 is 0 Å². The predicted molar refractivity (Wildman–Crippen MR) is 40.5 cm³/mol. The van der Waals surface area contributed by atoms with Crippen LogP contribution >= 0.6 is 0 Å². The van der Waals surface area contributed by atoms with E-state index in [4.69, 9.17) is 5.11 Å². The second-order valence-corrected chi connectivity index (χ2v) is 2.74. The fraction of sp³-hybridized carbons (Fsp3) is 0.857. The third kappa shape index (κ3) is 5.82. The summed E-state index contributed by atoms with van der Waals surface area (Å²) >= 11 is 0. The fourth-order valence-electron chi connectivity index (χ4n) is 0.868. The molecule has 0 aliphatic carbocycles. The van der Waals surface area contributed by atoms with Gasteiger partial charge in [-0.25, -0.2) is 4.79 Å². The molecule has 0 aromatic rings. The fourth-order valence-corrected chi connectivity index (χ4v) is 0.868. The standard InChI is InChI=1S/C7H16N2O2/c8-5-3-1-2-4-6(9)7(10)11/h6H,1-5,8-9H2,(H,10,11)/p+2/t6-/m0/s1. The lowest BCUT2D eigenvalue weighted by atomic mass is 10.1. The minimum Gasteiger partial charge on any atom is -0.477 e. The predicted octanol–water partition coefficient (Wildman–Crippen LogP) is -1.52. The van der Waals surface area contributed by atoms with E-state index < -0.39 is 12.0 Å². The summed E-state index contributed by atoms with van der Waals surface area (Å²) in [5.74, 6) is -0.792. The molecule has 0 aliphatic rings.